The third-order valence-corrected chi connectivity index (χ3v) is 7.88. The number of carbonyl (C=O) groups is 2. The molecule has 3 atom stereocenters. The minimum atomic E-state index is -0.696. The lowest BCUT2D eigenvalue weighted by Crippen LogP contribution is -2.64. The summed E-state index contributed by atoms with van der Waals surface area (Å²) >= 11 is 0. The summed E-state index contributed by atoms with van der Waals surface area (Å²) in [6.45, 7) is 3.02. The van der Waals surface area contributed by atoms with Crippen LogP contribution in [0.3, 0.4) is 0 Å². The van der Waals surface area contributed by atoms with E-state index in [0.717, 1.165) is 37.2 Å². The molecule has 2 amide bonds. The molecular formula is C30H44N8O3. The van der Waals surface area contributed by atoms with Crippen LogP contribution in [0.4, 0.5) is 0 Å². The molecule has 2 fully saturated rings. The Hall–Kier alpha value is -3.67. The van der Waals surface area contributed by atoms with Gasteiger partial charge in [0.05, 0.1) is 7.11 Å². The highest BCUT2D eigenvalue weighted by atomic mass is 16.5. The number of hydrazine groups is 1. The van der Waals surface area contributed by atoms with Crippen molar-refractivity contribution < 1.29 is 14.3 Å². The van der Waals surface area contributed by atoms with Gasteiger partial charge >= 0.3 is 0 Å². The molecule has 0 bridgehead atoms. The van der Waals surface area contributed by atoms with E-state index in [9.17, 15) is 9.59 Å². The number of carbonyl (C=O) groups excluding carboxylic acids is 2. The number of ether oxygens (including phenoxy) is 1. The molecule has 0 aromatic heterocycles. The second kappa shape index (κ2) is 14.3. The van der Waals surface area contributed by atoms with E-state index in [1.807, 2.05) is 42.5 Å². The van der Waals surface area contributed by atoms with Gasteiger partial charge in [0.25, 0.3) is 0 Å². The highest BCUT2D eigenvalue weighted by molar-refractivity contribution is 5.90. The fourth-order valence-electron chi connectivity index (χ4n) is 5.65. The van der Waals surface area contributed by atoms with Crippen LogP contribution in [0.15, 0.2) is 59.6 Å². The lowest BCUT2D eigenvalue weighted by Gasteiger charge is -2.45. The molecule has 2 aliphatic heterocycles. The Morgan fingerprint density at radius 1 is 1.10 bits per heavy atom. The van der Waals surface area contributed by atoms with Crippen molar-refractivity contribution in [1.29, 1.82) is 0 Å². The number of methoxy groups -OCH3 is 1. The summed E-state index contributed by atoms with van der Waals surface area (Å²) in [5.41, 5.74) is 19.6. The second-order valence-corrected chi connectivity index (χ2v) is 11.0. The van der Waals surface area contributed by atoms with Crippen LogP contribution in [0.25, 0.3) is 0 Å². The van der Waals surface area contributed by atoms with E-state index >= 15 is 0 Å². The minimum Gasteiger partial charge on any atom is -0.497 e. The Morgan fingerprint density at radius 2 is 1.85 bits per heavy atom. The lowest BCUT2D eigenvalue weighted by molar-refractivity contribution is -0.137. The highest BCUT2D eigenvalue weighted by Crippen LogP contribution is 2.30. The quantitative estimate of drug-likeness (QED) is 0.134. The van der Waals surface area contributed by atoms with E-state index in [1.165, 1.54) is 5.56 Å². The van der Waals surface area contributed by atoms with E-state index in [1.54, 1.807) is 7.11 Å². The molecule has 4 rings (SSSR count). The maximum absolute atomic E-state index is 13.6. The first-order chi connectivity index (χ1) is 19.8. The zero-order valence-electron chi connectivity index (χ0n) is 23.9. The number of hydrogen-bond donors (Lipinski definition) is 5. The van der Waals surface area contributed by atoms with Crippen LogP contribution in [0, 0.1) is 0 Å². The smallest absolute Gasteiger partial charge is 0.242 e. The normalized spacial score (nSPS) is 21.5. The number of aliphatic imine (C=N–C) groups is 1. The number of amides is 2. The summed E-state index contributed by atoms with van der Waals surface area (Å²) in [4.78, 5) is 30.8. The van der Waals surface area contributed by atoms with E-state index < -0.39 is 11.6 Å². The van der Waals surface area contributed by atoms with Crippen LogP contribution in [0.1, 0.15) is 36.8 Å². The Morgan fingerprint density at radius 3 is 2.56 bits per heavy atom. The minimum absolute atomic E-state index is 0.00597. The highest BCUT2D eigenvalue weighted by Gasteiger charge is 2.45. The first-order valence-corrected chi connectivity index (χ1v) is 14.4. The van der Waals surface area contributed by atoms with E-state index in [4.69, 9.17) is 21.9 Å². The van der Waals surface area contributed by atoms with E-state index in [0.29, 0.717) is 45.3 Å². The van der Waals surface area contributed by atoms with Gasteiger partial charge in [-0.1, -0.05) is 42.5 Å². The summed E-state index contributed by atoms with van der Waals surface area (Å²) < 4.78 is 5.21. The van der Waals surface area contributed by atoms with Gasteiger partial charge < -0.3 is 32.6 Å². The molecule has 2 aromatic rings. The second-order valence-electron chi connectivity index (χ2n) is 11.0. The van der Waals surface area contributed by atoms with Crippen LogP contribution in [-0.2, 0) is 22.4 Å². The van der Waals surface area contributed by atoms with Crippen molar-refractivity contribution in [2.75, 3.05) is 39.8 Å². The van der Waals surface area contributed by atoms with Crippen LogP contribution in [0.5, 0.6) is 5.75 Å². The number of nitrogens with two attached hydrogens (primary N) is 3. The van der Waals surface area contributed by atoms with Gasteiger partial charge in [-0.15, -0.1) is 0 Å². The molecule has 8 N–H and O–H groups in total. The van der Waals surface area contributed by atoms with Gasteiger partial charge in [0, 0.05) is 38.3 Å². The van der Waals surface area contributed by atoms with Gasteiger partial charge in [-0.3, -0.25) is 14.6 Å². The molecule has 2 aromatic carbocycles. The number of hydrogen-bond acceptors (Lipinski definition) is 7. The molecule has 2 aliphatic rings. The third kappa shape index (κ3) is 8.66. The molecule has 0 saturated carbocycles. The number of guanidine groups is 1. The predicted octanol–water partition coefficient (Wildman–Crippen LogP) is 0.528. The molecule has 11 heteroatoms. The Kier molecular flexibility index (Phi) is 10.6. The Labute approximate surface area is 242 Å². The first-order valence-electron chi connectivity index (χ1n) is 14.4. The summed E-state index contributed by atoms with van der Waals surface area (Å²) in [6.07, 6.45) is 3.93. The summed E-state index contributed by atoms with van der Waals surface area (Å²) in [6, 6.07) is 16.9. The van der Waals surface area contributed by atoms with Gasteiger partial charge in [0.2, 0.25) is 11.8 Å². The van der Waals surface area contributed by atoms with Crippen molar-refractivity contribution in [3.8, 4) is 5.75 Å². The number of nitrogens with zero attached hydrogens (tertiary/aromatic N) is 3. The van der Waals surface area contributed by atoms with Crippen molar-refractivity contribution in [2.24, 2.45) is 22.2 Å². The zero-order chi connectivity index (χ0) is 29.2. The summed E-state index contributed by atoms with van der Waals surface area (Å²) in [7, 11) is 1.63. The third-order valence-electron chi connectivity index (χ3n) is 7.88. The maximum Gasteiger partial charge on any atom is 0.242 e. The van der Waals surface area contributed by atoms with Crippen LogP contribution < -0.4 is 32.6 Å². The van der Waals surface area contributed by atoms with Gasteiger partial charge in [0.1, 0.15) is 17.8 Å². The fraction of sp³-hybridized carbons (Fsp3) is 0.500. The fourth-order valence-corrected chi connectivity index (χ4v) is 5.65. The largest absolute Gasteiger partial charge is 0.497 e. The molecule has 222 valence electrons. The molecule has 41 heavy (non-hydrogen) atoms. The van der Waals surface area contributed by atoms with Crippen molar-refractivity contribution in [1.82, 2.24) is 20.7 Å². The predicted molar refractivity (Wildman–Crippen MR) is 160 cm³/mol. The Balaban J connectivity index is 1.36. The van der Waals surface area contributed by atoms with E-state index in [-0.39, 0.29) is 23.8 Å². The molecule has 2 heterocycles. The number of benzene rings is 2. The van der Waals surface area contributed by atoms with E-state index in [2.05, 4.69) is 37.8 Å². The van der Waals surface area contributed by atoms with Crippen molar-refractivity contribution in [3.63, 3.8) is 0 Å². The topological polar surface area (TPSA) is 164 Å². The van der Waals surface area contributed by atoms with Crippen LogP contribution >= 0.6 is 0 Å². The van der Waals surface area contributed by atoms with Crippen molar-refractivity contribution >= 4 is 17.8 Å². The Bertz CT molecular complexity index is 1170. The molecular weight excluding hydrogens is 520 g/mol. The van der Waals surface area contributed by atoms with Gasteiger partial charge in [0.15, 0.2) is 5.96 Å². The average Bonchev–Trinajstić information content (AvgIpc) is 3.37. The van der Waals surface area contributed by atoms with Gasteiger partial charge in [-0.2, -0.15) is 0 Å². The van der Waals surface area contributed by atoms with Crippen LogP contribution in [-0.4, -0.2) is 85.2 Å². The first kappa shape index (κ1) is 30.3. The number of fused-ring (bicyclic) bond motifs is 1. The molecule has 0 unspecified atom stereocenters. The SMILES string of the molecule is COc1ccc(CCNC(=O)[C@H](CCCN=C(N)N)NC(=O)[C@@H]2CCN3CC[C@@](N)(Cc4ccccc4)CN23)cc1. The van der Waals surface area contributed by atoms with Gasteiger partial charge in [-0.05, 0) is 61.8 Å². The molecule has 11 nitrogen and oxygen atoms in total. The maximum atomic E-state index is 13.6. The van der Waals surface area contributed by atoms with Crippen molar-refractivity contribution in [3.05, 3.63) is 65.7 Å². The monoisotopic (exact) mass is 564 g/mol. The summed E-state index contributed by atoms with van der Waals surface area (Å²) in [5.74, 6) is 0.412. The molecule has 0 spiro atoms. The summed E-state index contributed by atoms with van der Waals surface area (Å²) in [5, 5.41) is 10.4. The van der Waals surface area contributed by atoms with Gasteiger partial charge in [-0.25, -0.2) is 10.0 Å². The zero-order valence-corrected chi connectivity index (χ0v) is 23.9. The molecule has 2 saturated heterocycles. The molecule has 0 radical (unpaired) electrons. The van der Waals surface area contributed by atoms with Crippen LogP contribution in [0.2, 0.25) is 0 Å². The average molecular weight is 565 g/mol. The number of nitrogens with one attached hydrogen (secondary N) is 2. The number of rotatable bonds is 13. The molecule has 0 aliphatic carbocycles. The lowest BCUT2D eigenvalue weighted by atomic mass is 9.86. The van der Waals surface area contributed by atoms with Crippen molar-refractivity contribution in [2.45, 2.75) is 56.1 Å². The standard InChI is InChI=1S/C30H44N8O3/c1-41-24-11-9-22(10-12-24)13-17-34-27(39)25(8-5-16-35-29(31)32)36-28(40)26-14-18-37-19-15-30(33,21-38(26)37)20-23-6-3-2-4-7-23/h2-4,6-7,9-12,25-26H,5,8,13-21,33H2,1H3,(H,34,39)(H,36,40)(H4,31,32,35)/t25-,26-,30+/m0/s1.